The summed E-state index contributed by atoms with van der Waals surface area (Å²) >= 11 is 0. The average Bonchev–Trinajstić information content (AvgIpc) is 2.27. The van der Waals surface area contributed by atoms with E-state index in [1.807, 2.05) is 0 Å². The Hall–Kier alpha value is -1.05. The van der Waals surface area contributed by atoms with E-state index in [-0.39, 0.29) is 0 Å². The Morgan fingerprint density at radius 1 is 1.22 bits per heavy atom. The van der Waals surface area contributed by atoms with Crippen LogP contribution in [0.3, 0.4) is 0 Å². The van der Waals surface area contributed by atoms with Crippen molar-refractivity contribution in [2.45, 2.75) is 38.8 Å². The van der Waals surface area contributed by atoms with Gasteiger partial charge in [0.2, 0.25) is 0 Å². The first-order valence-corrected chi connectivity index (χ1v) is 6.79. The van der Waals surface area contributed by atoms with Gasteiger partial charge < -0.3 is 5.11 Å². The summed E-state index contributed by atoms with van der Waals surface area (Å²) in [5.41, 5.74) is 0. The Morgan fingerprint density at radius 2 is 1.83 bits per heavy atom. The number of piperazine rings is 1. The second-order valence-electron chi connectivity index (χ2n) is 5.56. The number of rotatable bonds is 2. The smallest absolute Gasteiger partial charge is 0.381 e. The van der Waals surface area contributed by atoms with Gasteiger partial charge in [-0.2, -0.15) is 0 Å². The molecule has 18 heavy (non-hydrogen) atoms. The molecule has 4 heteroatoms. The molecule has 100 valence electrons. The van der Waals surface area contributed by atoms with Crippen LogP contribution in [0.2, 0.25) is 0 Å². The zero-order chi connectivity index (χ0) is 13.1. The lowest BCUT2D eigenvalue weighted by Gasteiger charge is -2.46. The summed E-state index contributed by atoms with van der Waals surface area (Å²) < 4.78 is 0. The molecule has 0 aromatic heterocycles. The number of carbonyl (C=O) groups is 1. The first-order valence-electron chi connectivity index (χ1n) is 6.79. The van der Waals surface area contributed by atoms with Crippen molar-refractivity contribution in [3.05, 3.63) is 0 Å². The van der Waals surface area contributed by atoms with E-state index in [0.29, 0.717) is 18.0 Å². The maximum Gasteiger partial charge on any atom is 0.381 e. The number of carboxylic acid groups (broad SMARTS) is 1. The molecular formula is C14H22N2O2. The molecule has 2 rings (SSSR count). The van der Waals surface area contributed by atoms with Crippen LogP contribution in [-0.4, -0.2) is 59.1 Å². The van der Waals surface area contributed by atoms with E-state index >= 15 is 0 Å². The van der Waals surface area contributed by atoms with Crippen molar-refractivity contribution < 1.29 is 9.90 Å². The third-order valence-electron chi connectivity index (χ3n) is 4.09. The van der Waals surface area contributed by atoms with Crippen molar-refractivity contribution in [1.82, 2.24) is 9.80 Å². The van der Waals surface area contributed by atoms with Gasteiger partial charge in [0.05, 0.1) is 0 Å². The molecule has 1 saturated carbocycles. The van der Waals surface area contributed by atoms with Crippen LogP contribution in [0.15, 0.2) is 0 Å². The Balaban J connectivity index is 1.71. The molecule has 0 atom stereocenters. The molecule has 0 radical (unpaired) electrons. The first-order chi connectivity index (χ1) is 8.56. The average molecular weight is 250 g/mol. The predicted molar refractivity (Wildman–Crippen MR) is 70.2 cm³/mol. The number of nitrogens with zero attached hydrogens (tertiary/aromatic N) is 2. The van der Waals surface area contributed by atoms with Crippen LogP contribution in [0.25, 0.3) is 0 Å². The number of hydrogen-bond acceptors (Lipinski definition) is 3. The minimum absolute atomic E-state index is 0.300. The number of carboxylic acids is 1. The first kappa shape index (κ1) is 13.4. The number of aliphatic carboxylic acids is 1. The van der Waals surface area contributed by atoms with E-state index in [4.69, 9.17) is 5.11 Å². The largest absolute Gasteiger partial charge is 0.472 e. The van der Waals surface area contributed by atoms with Gasteiger partial charge in [-0.25, -0.2) is 4.79 Å². The highest BCUT2D eigenvalue weighted by molar-refractivity contribution is 5.86. The van der Waals surface area contributed by atoms with E-state index in [2.05, 4.69) is 35.5 Å². The SMILES string of the molecule is CC(C)N1CCN(C2CC(C#CC(=O)O)C2)CC1. The molecule has 0 amide bonds. The minimum Gasteiger partial charge on any atom is -0.472 e. The Labute approximate surface area is 109 Å². The molecule has 0 spiro atoms. The van der Waals surface area contributed by atoms with Gasteiger partial charge in [-0.3, -0.25) is 9.80 Å². The highest BCUT2D eigenvalue weighted by atomic mass is 16.4. The van der Waals surface area contributed by atoms with Gasteiger partial charge in [0.15, 0.2) is 0 Å². The van der Waals surface area contributed by atoms with Gasteiger partial charge in [-0.05, 0) is 26.7 Å². The summed E-state index contributed by atoms with van der Waals surface area (Å²) in [6.07, 6.45) is 2.09. The molecule has 0 aromatic carbocycles. The highest BCUT2D eigenvalue weighted by Crippen LogP contribution is 2.31. The fraction of sp³-hybridized carbons (Fsp3) is 0.786. The molecule has 1 saturated heterocycles. The summed E-state index contributed by atoms with van der Waals surface area (Å²) in [7, 11) is 0. The van der Waals surface area contributed by atoms with Crippen LogP contribution in [0.4, 0.5) is 0 Å². The van der Waals surface area contributed by atoms with Crippen molar-refractivity contribution in [3.8, 4) is 11.8 Å². The molecular weight excluding hydrogens is 228 g/mol. The Bertz CT molecular complexity index is 356. The second-order valence-corrected chi connectivity index (χ2v) is 5.56. The molecule has 0 bridgehead atoms. The van der Waals surface area contributed by atoms with Crippen molar-refractivity contribution in [2.75, 3.05) is 26.2 Å². The summed E-state index contributed by atoms with van der Waals surface area (Å²) in [6.45, 7) is 9.08. The maximum absolute atomic E-state index is 10.3. The lowest BCUT2D eigenvalue weighted by atomic mass is 9.79. The van der Waals surface area contributed by atoms with Crippen LogP contribution in [0.5, 0.6) is 0 Å². The summed E-state index contributed by atoms with van der Waals surface area (Å²) in [4.78, 5) is 15.4. The zero-order valence-corrected chi connectivity index (χ0v) is 11.2. The van der Waals surface area contributed by atoms with E-state index in [0.717, 1.165) is 39.0 Å². The molecule has 4 nitrogen and oxygen atoms in total. The van der Waals surface area contributed by atoms with Crippen molar-refractivity contribution >= 4 is 5.97 Å². The third-order valence-corrected chi connectivity index (χ3v) is 4.09. The molecule has 2 fully saturated rings. The van der Waals surface area contributed by atoms with Crippen LogP contribution in [-0.2, 0) is 4.79 Å². The van der Waals surface area contributed by atoms with Crippen LogP contribution < -0.4 is 0 Å². The molecule has 2 aliphatic rings. The lowest BCUT2D eigenvalue weighted by molar-refractivity contribution is -0.130. The molecule has 1 aliphatic carbocycles. The third kappa shape index (κ3) is 3.24. The molecule has 1 aliphatic heterocycles. The van der Waals surface area contributed by atoms with Crippen molar-refractivity contribution in [1.29, 1.82) is 0 Å². The van der Waals surface area contributed by atoms with E-state index in [1.165, 1.54) is 0 Å². The summed E-state index contributed by atoms with van der Waals surface area (Å²) in [6, 6.07) is 1.27. The van der Waals surface area contributed by atoms with Gasteiger partial charge in [0.25, 0.3) is 0 Å². The van der Waals surface area contributed by atoms with Gasteiger partial charge in [0, 0.05) is 50.1 Å². The fourth-order valence-corrected chi connectivity index (χ4v) is 2.79. The number of hydrogen-bond donors (Lipinski definition) is 1. The quantitative estimate of drug-likeness (QED) is 0.739. The lowest BCUT2D eigenvalue weighted by Crippen LogP contribution is -2.55. The van der Waals surface area contributed by atoms with Gasteiger partial charge >= 0.3 is 5.97 Å². The van der Waals surface area contributed by atoms with E-state index < -0.39 is 5.97 Å². The topological polar surface area (TPSA) is 43.8 Å². The monoisotopic (exact) mass is 250 g/mol. The molecule has 0 unspecified atom stereocenters. The predicted octanol–water partition coefficient (Wildman–Crippen LogP) is 0.879. The van der Waals surface area contributed by atoms with Gasteiger partial charge in [-0.1, -0.05) is 5.92 Å². The maximum atomic E-state index is 10.3. The van der Waals surface area contributed by atoms with Crippen molar-refractivity contribution in [2.24, 2.45) is 5.92 Å². The van der Waals surface area contributed by atoms with E-state index in [9.17, 15) is 4.79 Å². The zero-order valence-electron chi connectivity index (χ0n) is 11.2. The van der Waals surface area contributed by atoms with Crippen molar-refractivity contribution in [3.63, 3.8) is 0 Å². The Morgan fingerprint density at radius 3 is 2.33 bits per heavy atom. The van der Waals surface area contributed by atoms with E-state index in [1.54, 1.807) is 0 Å². The summed E-state index contributed by atoms with van der Waals surface area (Å²) in [5.74, 6) is 4.35. The standard InChI is InChI=1S/C14H22N2O2/c1-11(2)15-5-7-16(8-6-15)13-9-12(10-13)3-4-14(17)18/h11-13H,5-10H2,1-2H3,(H,17,18). The molecule has 0 aromatic rings. The van der Waals surface area contributed by atoms with Crippen LogP contribution in [0, 0.1) is 17.8 Å². The Kier molecular flexibility index (Phi) is 4.26. The second kappa shape index (κ2) is 5.73. The van der Waals surface area contributed by atoms with Gasteiger partial charge in [-0.15, -0.1) is 0 Å². The molecule has 1 N–H and O–H groups in total. The van der Waals surface area contributed by atoms with Gasteiger partial charge in [0.1, 0.15) is 0 Å². The normalized spacial score (nSPS) is 29.5. The van der Waals surface area contributed by atoms with Crippen LogP contribution >= 0.6 is 0 Å². The minimum atomic E-state index is -1.01. The fourth-order valence-electron chi connectivity index (χ4n) is 2.79. The summed E-state index contributed by atoms with van der Waals surface area (Å²) in [5, 5.41) is 8.49. The molecule has 1 heterocycles. The van der Waals surface area contributed by atoms with Crippen LogP contribution in [0.1, 0.15) is 26.7 Å². The highest BCUT2D eigenvalue weighted by Gasteiger charge is 2.34.